The molecule has 304 valence electrons. The standard InChI is InChI=1S/C50H63NO6/c1-45-15-12-37(52)28-48(45)18-19-50(38(29-48)44(54)36-8-6-5-7-9-36)41(45)13-16-46(2)42(50)14-17-49(46,55)31-51(30-47-25-33-20-34(26-47)22-35(21-33)27-47)43(53)24-32-10-11-39(56-3)40(23-32)57-4/h5-11,18-19,23,29,33-35,37,41-42,52,55H,12-17,20-22,24-28,30-31H2,1-4H3. The fraction of sp³-hybridized carbons (Fsp3) is 0.640. The number of carbonyl (C=O) groups excluding carboxylic acids is 2. The summed E-state index contributed by atoms with van der Waals surface area (Å²) in [5.41, 5.74) is -0.0469. The molecule has 7 fully saturated rings. The van der Waals surface area contributed by atoms with E-state index in [2.05, 4.69) is 37.0 Å². The number of methoxy groups -OCH3 is 2. The van der Waals surface area contributed by atoms with Gasteiger partial charge in [-0.05, 0) is 142 Å². The second-order valence-corrected chi connectivity index (χ2v) is 21.0. The minimum atomic E-state index is -1.11. The largest absolute Gasteiger partial charge is 0.493 e. The Labute approximate surface area is 339 Å². The van der Waals surface area contributed by atoms with E-state index in [9.17, 15) is 19.8 Å². The van der Waals surface area contributed by atoms with E-state index in [1.807, 2.05) is 48.5 Å². The number of benzene rings is 2. The van der Waals surface area contributed by atoms with Gasteiger partial charge in [0.25, 0.3) is 0 Å². The molecule has 10 aliphatic carbocycles. The highest BCUT2D eigenvalue weighted by Crippen LogP contribution is 2.78. The topological polar surface area (TPSA) is 96.3 Å². The molecule has 2 aromatic rings. The number of nitrogens with zero attached hydrogens (tertiary/aromatic N) is 1. The molecule has 0 heterocycles. The molecule has 2 spiro atoms. The molecule has 7 nitrogen and oxygen atoms in total. The zero-order chi connectivity index (χ0) is 39.6. The lowest BCUT2D eigenvalue weighted by atomic mass is 9.32. The van der Waals surface area contributed by atoms with Crippen LogP contribution in [0.2, 0.25) is 0 Å². The molecule has 8 unspecified atom stereocenters. The minimum absolute atomic E-state index is 0.0354. The third-order valence-corrected chi connectivity index (χ3v) is 18.3. The summed E-state index contributed by atoms with van der Waals surface area (Å²) < 4.78 is 11.2. The molecule has 1 amide bonds. The van der Waals surface area contributed by atoms with Crippen LogP contribution in [0.15, 0.2) is 72.3 Å². The average molecular weight is 774 g/mol. The van der Waals surface area contributed by atoms with Crippen LogP contribution in [0, 0.1) is 56.7 Å². The number of Topliss-reactive ketones (excluding diaryl/α,β-unsaturated/α-hetero) is 1. The van der Waals surface area contributed by atoms with Gasteiger partial charge >= 0.3 is 0 Å². The highest BCUT2D eigenvalue weighted by molar-refractivity contribution is 6.10. The van der Waals surface area contributed by atoms with Gasteiger partial charge in [-0.15, -0.1) is 0 Å². The third-order valence-electron chi connectivity index (χ3n) is 18.3. The Morgan fingerprint density at radius 3 is 2.11 bits per heavy atom. The Bertz CT molecular complexity index is 1990. The molecule has 7 heteroatoms. The number of hydrogen-bond acceptors (Lipinski definition) is 6. The van der Waals surface area contributed by atoms with Crippen molar-refractivity contribution in [2.45, 2.75) is 115 Å². The highest BCUT2D eigenvalue weighted by Gasteiger charge is 2.74. The normalized spacial score (nSPS) is 43.2. The molecule has 6 bridgehead atoms. The molecule has 12 rings (SSSR count). The second kappa shape index (κ2) is 13.0. The molecule has 0 saturated heterocycles. The summed E-state index contributed by atoms with van der Waals surface area (Å²) in [4.78, 5) is 32.0. The number of aliphatic hydroxyl groups is 2. The summed E-state index contributed by atoms with van der Waals surface area (Å²) in [5.74, 6) is 3.95. The lowest BCUT2D eigenvalue weighted by molar-refractivity contribution is -0.181. The number of carbonyl (C=O) groups is 2. The van der Waals surface area contributed by atoms with E-state index >= 15 is 0 Å². The van der Waals surface area contributed by atoms with Crippen molar-refractivity contribution in [1.29, 1.82) is 0 Å². The minimum Gasteiger partial charge on any atom is -0.493 e. The number of allylic oxidation sites excluding steroid dienone is 4. The maximum absolute atomic E-state index is 14.9. The van der Waals surface area contributed by atoms with E-state index in [0.717, 1.165) is 61.0 Å². The Hall–Kier alpha value is -3.42. The number of hydrogen-bond donors (Lipinski definition) is 2. The first-order chi connectivity index (χ1) is 27.3. The van der Waals surface area contributed by atoms with Crippen molar-refractivity contribution < 1.29 is 29.3 Å². The maximum Gasteiger partial charge on any atom is 0.227 e. The van der Waals surface area contributed by atoms with Crippen LogP contribution in [0.3, 0.4) is 0 Å². The molecule has 10 aliphatic rings. The first kappa shape index (κ1) is 37.8. The zero-order valence-corrected chi connectivity index (χ0v) is 34.6. The fourth-order valence-electron chi connectivity index (χ4n) is 16.1. The van der Waals surface area contributed by atoms with Gasteiger partial charge in [-0.25, -0.2) is 0 Å². The van der Waals surface area contributed by atoms with Gasteiger partial charge in [0.05, 0.1) is 32.3 Å². The van der Waals surface area contributed by atoms with E-state index in [-0.39, 0.29) is 52.3 Å². The van der Waals surface area contributed by atoms with Crippen LogP contribution in [0.5, 0.6) is 11.5 Å². The van der Waals surface area contributed by atoms with Gasteiger partial charge in [-0.2, -0.15) is 0 Å². The number of fused-ring (bicyclic) bond motifs is 1. The molecule has 0 radical (unpaired) electrons. The van der Waals surface area contributed by atoms with Crippen molar-refractivity contribution in [2.24, 2.45) is 56.7 Å². The predicted octanol–water partition coefficient (Wildman–Crippen LogP) is 8.77. The molecular formula is C50H63NO6. The number of amides is 1. The summed E-state index contributed by atoms with van der Waals surface area (Å²) in [6, 6.07) is 15.5. The average Bonchev–Trinajstić information content (AvgIpc) is 3.46. The van der Waals surface area contributed by atoms with E-state index in [4.69, 9.17) is 9.47 Å². The molecule has 0 aromatic heterocycles. The Kier molecular flexibility index (Phi) is 8.65. The number of ketones is 1. The molecule has 2 aromatic carbocycles. The van der Waals surface area contributed by atoms with Crippen LogP contribution in [0.25, 0.3) is 0 Å². The lowest BCUT2D eigenvalue weighted by Crippen LogP contribution is -2.67. The Morgan fingerprint density at radius 2 is 1.42 bits per heavy atom. The SMILES string of the molecule is COc1ccc(CC(=O)N(CC23CC4CC(CC(C4)C2)C3)CC2(O)CCC3C45C=CC6(C=C4C(=O)c4ccccc4)CC(O)CCC6(C)C5CCC32C)cc1OC. The van der Waals surface area contributed by atoms with Crippen LogP contribution >= 0.6 is 0 Å². The Balaban J connectivity index is 1.02. The number of ether oxygens (including phenoxy) is 2. The van der Waals surface area contributed by atoms with Crippen molar-refractivity contribution in [2.75, 3.05) is 27.3 Å². The third kappa shape index (κ3) is 5.42. The van der Waals surface area contributed by atoms with Crippen LogP contribution in [-0.2, 0) is 11.2 Å². The van der Waals surface area contributed by atoms with Crippen molar-refractivity contribution >= 4 is 11.7 Å². The van der Waals surface area contributed by atoms with Crippen molar-refractivity contribution in [3.05, 3.63) is 83.5 Å². The van der Waals surface area contributed by atoms with Gasteiger partial charge in [0.2, 0.25) is 5.91 Å². The second-order valence-electron chi connectivity index (χ2n) is 21.0. The number of rotatable bonds is 10. The van der Waals surface area contributed by atoms with Gasteiger partial charge in [0, 0.05) is 40.5 Å². The molecule has 7 saturated carbocycles. The maximum atomic E-state index is 14.9. The molecule has 0 aliphatic heterocycles. The zero-order valence-electron chi connectivity index (χ0n) is 34.6. The summed E-state index contributed by atoms with van der Waals surface area (Å²) in [5, 5.41) is 24.6. The van der Waals surface area contributed by atoms with Crippen LogP contribution in [0.1, 0.15) is 113 Å². The van der Waals surface area contributed by atoms with Crippen LogP contribution < -0.4 is 9.47 Å². The van der Waals surface area contributed by atoms with Crippen molar-refractivity contribution in [3.63, 3.8) is 0 Å². The fourth-order valence-corrected chi connectivity index (χ4v) is 16.1. The van der Waals surface area contributed by atoms with Crippen molar-refractivity contribution in [3.8, 4) is 11.5 Å². The molecule has 8 atom stereocenters. The van der Waals surface area contributed by atoms with E-state index < -0.39 is 16.4 Å². The summed E-state index contributed by atoms with van der Waals surface area (Å²) in [6.07, 6.45) is 20.0. The smallest absolute Gasteiger partial charge is 0.227 e. The van der Waals surface area contributed by atoms with E-state index in [1.54, 1.807) is 14.2 Å². The lowest BCUT2D eigenvalue weighted by Gasteiger charge is -2.71. The van der Waals surface area contributed by atoms with E-state index in [1.165, 1.54) is 38.5 Å². The molecular weight excluding hydrogens is 711 g/mol. The molecule has 2 N–H and O–H groups in total. The van der Waals surface area contributed by atoms with Gasteiger partial charge in [-0.3, -0.25) is 9.59 Å². The van der Waals surface area contributed by atoms with Crippen LogP contribution in [-0.4, -0.2) is 65.8 Å². The Morgan fingerprint density at radius 1 is 0.772 bits per heavy atom. The summed E-state index contributed by atoms with van der Waals surface area (Å²) in [6.45, 7) is 5.77. The van der Waals surface area contributed by atoms with E-state index in [0.29, 0.717) is 43.0 Å². The summed E-state index contributed by atoms with van der Waals surface area (Å²) >= 11 is 0. The summed E-state index contributed by atoms with van der Waals surface area (Å²) in [7, 11) is 3.26. The van der Waals surface area contributed by atoms with Gasteiger partial charge < -0.3 is 24.6 Å². The van der Waals surface area contributed by atoms with Crippen LogP contribution in [0.4, 0.5) is 0 Å². The number of aliphatic hydroxyl groups excluding tert-OH is 1. The monoisotopic (exact) mass is 773 g/mol. The first-order valence-electron chi connectivity index (χ1n) is 22.2. The quantitative estimate of drug-likeness (QED) is 0.185. The highest BCUT2D eigenvalue weighted by atomic mass is 16.5. The predicted molar refractivity (Wildman–Crippen MR) is 220 cm³/mol. The van der Waals surface area contributed by atoms with Gasteiger partial charge in [0.1, 0.15) is 0 Å². The van der Waals surface area contributed by atoms with Gasteiger partial charge in [-0.1, -0.05) is 68.5 Å². The molecule has 57 heavy (non-hydrogen) atoms. The first-order valence-corrected chi connectivity index (χ1v) is 22.2. The van der Waals surface area contributed by atoms with Crippen molar-refractivity contribution in [1.82, 2.24) is 4.90 Å². The van der Waals surface area contributed by atoms with Gasteiger partial charge in [0.15, 0.2) is 17.3 Å².